The van der Waals surface area contributed by atoms with Gasteiger partial charge in [-0.15, -0.1) is 11.8 Å². The molecule has 1 aliphatic rings. The first-order chi connectivity index (χ1) is 13.1. The number of likely N-dealkylation sites (tertiary alicyclic amines) is 1. The van der Waals surface area contributed by atoms with Gasteiger partial charge < -0.3 is 14.2 Å². The highest BCUT2D eigenvalue weighted by atomic mass is 32.2. The number of thiazole rings is 1. The van der Waals surface area contributed by atoms with Gasteiger partial charge in [0.05, 0.1) is 28.8 Å². The summed E-state index contributed by atoms with van der Waals surface area (Å²) in [5, 5.41) is 0. The van der Waals surface area contributed by atoms with Crippen LogP contribution in [0.5, 0.6) is 5.75 Å². The van der Waals surface area contributed by atoms with E-state index in [9.17, 15) is 9.59 Å². The van der Waals surface area contributed by atoms with Crippen molar-refractivity contribution in [1.82, 2.24) is 9.47 Å². The highest BCUT2D eigenvalue weighted by Gasteiger charge is 2.16. The predicted molar refractivity (Wildman–Crippen MR) is 110 cm³/mol. The van der Waals surface area contributed by atoms with E-state index in [2.05, 4.69) is 4.99 Å². The zero-order valence-corrected chi connectivity index (χ0v) is 17.4. The van der Waals surface area contributed by atoms with Crippen LogP contribution in [0.3, 0.4) is 0 Å². The van der Waals surface area contributed by atoms with Gasteiger partial charge in [0.15, 0.2) is 4.80 Å². The number of methoxy groups -OCH3 is 1. The molecule has 0 radical (unpaired) electrons. The monoisotopic (exact) mass is 407 g/mol. The third-order valence-electron chi connectivity index (χ3n) is 4.59. The number of rotatable bonds is 6. The number of hydrogen-bond donors (Lipinski definition) is 0. The molecule has 1 saturated heterocycles. The number of amides is 2. The molecule has 2 aromatic rings. The van der Waals surface area contributed by atoms with Gasteiger partial charge in [-0.2, -0.15) is 4.99 Å². The SMILES string of the molecule is CCn1c(=NC(=O)CSCC(=O)N2CCCCC2)sc2cc(OC)ccc21. The van der Waals surface area contributed by atoms with Crippen LogP contribution in [0.2, 0.25) is 0 Å². The fourth-order valence-corrected chi connectivity index (χ4v) is 5.01. The maximum absolute atomic E-state index is 12.3. The minimum absolute atomic E-state index is 0.130. The zero-order chi connectivity index (χ0) is 19.2. The molecule has 2 amide bonds. The van der Waals surface area contributed by atoms with Crippen LogP contribution in [0.15, 0.2) is 23.2 Å². The van der Waals surface area contributed by atoms with Crippen molar-refractivity contribution < 1.29 is 14.3 Å². The van der Waals surface area contributed by atoms with E-state index >= 15 is 0 Å². The minimum atomic E-state index is -0.202. The standard InChI is InChI=1S/C19H25N3O3S2/c1-3-22-15-8-7-14(25-2)11-16(15)27-19(22)20-17(23)12-26-13-18(24)21-9-5-4-6-10-21/h7-8,11H,3-6,9-10,12-13H2,1-2H3. The molecule has 1 aromatic carbocycles. The number of carbonyl (C=O) groups excluding carboxylic acids is 2. The van der Waals surface area contributed by atoms with Crippen LogP contribution in [0.25, 0.3) is 10.2 Å². The highest BCUT2D eigenvalue weighted by molar-refractivity contribution is 8.00. The van der Waals surface area contributed by atoms with E-state index in [1.54, 1.807) is 7.11 Å². The van der Waals surface area contributed by atoms with Crippen molar-refractivity contribution >= 4 is 45.1 Å². The molecule has 2 heterocycles. The average molecular weight is 408 g/mol. The number of piperidine rings is 1. The minimum Gasteiger partial charge on any atom is -0.497 e. The van der Waals surface area contributed by atoms with E-state index in [-0.39, 0.29) is 17.6 Å². The topological polar surface area (TPSA) is 63.9 Å². The summed E-state index contributed by atoms with van der Waals surface area (Å²) in [5.74, 6) is 1.29. The number of carbonyl (C=O) groups is 2. The Kier molecular flexibility index (Phi) is 6.95. The zero-order valence-electron chi connectivity index (χ0n) is 15.8. The summed E-state index contributed by atoms with van der Waals surface area (Å²) in [5.41, 5.74) is 1.04. The van der Waals surface area contributed by atoms with Crippen LogP contribution in [0, 0.1) is 0 Å². The summed E-state index contributed by atoms with van der Waals surface area (Å²) < 4.78 is 8.34. The van der Waals surface area contributed by atoms with Crippen LogP contribution < -0.4 is 9.54 Å². The van der Waals surface area contributed by atoms with Gasteiger partial charge in [-0.1, -0.05) is 11.3 Å². The molecule has 0 atom stereocenters. The maximum atomic E-state index is 12.3. The summed E-state index contributed by atoms with van der Waals surface area (Å²) in [6, 6.07) is 5.86. The Bertz CT molecular complexity index is 882. The van der Waals surface area contributed by atoms with Gasteiger partial charge in [0, 0.05) is 19.6 Å². The van der Waals surface area contributed by atoms with E-state index in [4.69, 9.17) is 4.74 Å². The van der Waals surface area contributed by atoms with Gasteiger partial charge in [-0.05, 0) is 44.4 Å². The lowest BCUT2D eigenvalue weighted by Crippen LogP contribution is -2.36. The number of aromatic nitrogens is 1. The van der Waals surface area contributed by atoms with Crippen LogP contribution in [-0.2, 0) is 16.1 Å². The molecule has 0 bridgehead atoms. The van der Waals surface area contributed by atoms with Crippen molar-refractivity contribution in [3.63, 3.8) is 0 Å². The van der Waals surface area contributed by atoms with Crippen molar-refractivity contribution in [2.45, 2.75) is 32.7 Å². The first-order valence-electron chi connectivity index (χ1n) is 9.23. The molecule has 1 aromatic heterocycles. The van der Waals surface area contributed by atoms with Gasteiger partial charge in [-0.25, -0.2) is 0 Å². The van der Waals surface area contributed by atoms with Crippen LogP contribution >= 0.6 is 23.1 Å². The molecule has 6 nitrogen and oxygen atoms in total. The Morgan fingerprint density at radius 3 is 2.70 bits per heavy atom. The Morgan fingerprint density at radius 2 is 2.00 bits per heavy atom. The second-order valence-corrected chi connectivity index (χ2v) is 8.40. The van der Waals surface area contributed by atoms with Crippen LogP contribution in [0.4, 0.5) is 0 Å². The number of benzene rings is 1. The first-order valence-corrected chi connectivity index (χ1v) is 11.2. The summed E-state index contributed by atoms with van der Waals surface area (Å²) in [7, 11) is 1.64. The first kappa shape index (κ1) is 19.9. The molecule has 146 valence electrons. The highest BCUT2D eigenvalue weighted by Crippen LogP contribution is 2.23. The number of fused-ring (bicyclic) bond motifs is 1. The second kappa shape index (κ2) is 9.41. The van der Waals surface area contributed by atoms with Crippen molar-refractivity contribution in [3.05, 3.63) is 23.0 Å². The lowest BCUT2D eigenvalue weighted by Gasteiger charge is -2.26. The van der Waals surface area contributed by atoms with Crippen LogP contribution in [-0.4, -0.2) is 53.0 Å². The number of nitrogens with zero attached hydrogens (tertiary/aromatic N) is 3. The summed E-state index contributed by atoms with van der Waals surface area (Å²) >= 11 is 2.83. The molecule has 27 heavy (non-hydrogen) atoms. The van der Waals surface area contributed by atoms with E-state index in [1.165, 1.54) is 29.5 Å². The molecule has 1 aliphatic heterocycles. The molecule has 0 unspecified atom stereocenters. The van der Waals surface area contributed by atoms with E-state index < -0.39 is 0 Å². The molecule has 0 N–H and O–H groups in total. The Balaban J connectivity index is 1.65. The van der Waals surface area contributed by atoms with Gasteiger partial charge in [-0.3, -0.25) is 9.59 Å². The average Bonchev–Trinajstić information content (AvgIpc) is 3.04. The van der Waals surface area contributed by atoms with Crippen molar-refractivity contribution in [2.75, 3.05) is 31.7 Å². The lowest BCUT2D eigenvalue weighted by atomic mass is 10.1. The maximum Gasteiger partial charge on any atom is 0.258 e. The molecular weight excluding hydrogens is 382 g/mol. The Hall–Kier alpha value is -1.80. The normalized spacial score (nSPS) is 15.3. The Morgan fingerprint density at radius 1 is 1.22 bits per heavy atom. The Labute approximate surface area is 167 Å². The van der Waals surface area contributed by atoms with Crippen molar-refractivity contribution in [2.24, 2.45) is 4.99 Å². The fourth-order valence-electron chi connectivity index (χ4n) is 3.17. The third kappa shape index (κ3) is 4.93. The number of thioether (sulfide) groups is 1. The fraction of sp³-hybridized carbons (Fsp3) is 0.526. The van der Waals surface area contributed by atoms with Crippen LogP contribution in [0.1, 0.15) is 26.2 Å². The van der Waals surface area contributed by atoms with E-state index in [1.807, 2.05) is 34.6 Å². The summed E-state index contributed by atoms with van der Waals surface area (Å²) in [6.45, 7) is 4.46. The summed E-state index contributed by atoms with van der Waals surface area (Å²) in [4.78, 5) is 31.3. The summed E-state index contributed by atoms with van der Waals surface area (Å²) in [6.07, 6.45) is 3.36. The molecule has 0 saturated carbocycles. The smallest absolute Gasteiger partial charge is 0.258 e. The van der Waals surface area contributed by atoms with E-state index in [0.29, 0.717) is 10.6 Å². The van der Waals surface area contributed by atoms with Crippen molar-refractivity contribution in [3.8, 4) is 5.75 Å². The lowest BCUT2D eigenvalue weighted by molar-refractivity contribution is -0.129. The molecule has 0 aliphatic carbocycles. The third-order valence-corrected chi connectivity index (χ3v) is 6.53. The molecule has 8 heteroatoms. The largest absolute Gasteiger partial charge is 0.497 e. The van der Waals surface area contributed by atoms with Gasteiger partial charge >= 0.3 is 0 Å². The molecular formula is C19H25N3O3S2. The molecule has 3 rings (SSSR count). The van der Waals surface area contributed by atoms with Crippen molar-refractivity contribution in [1.29, 1.82) is 0 Å². The number of ether oxygens (including phenoxy) is 1. The number of aryl methyl sites for hydroxylation is 1. The van der Waals surface area contributed by atoms with Gasteiger partial charge in [0.1, 0.15) is 5.75 Å². The molecule has 0 spiro atoms. The second-order valence-electron chi connectivity index (χ2n) is 6.40. The van der Waals surface area contributed by atoms with E-state index in [0.717, 1.165) is 48.4 Å². The molecule has 1 fully saturated rings. The quantitative estimate of drug-likeness (QED) is 0.739. The number of hydrogen-bond acceptors (Lipinski definition) is 5. The van der Waals surface area contributed by atoms with Gasteiger partial charge in [0.2, 0.25) is 5.91 Å². The predicted octanol–water partition coefficient (Wildman–Crippen LogP) is 2.90. The van der Waals surface area contributed by atoms with Gasteiger partial charge in [0.25, 0.3) is 5.91 Å².